The average molecular weight is 270 g/mol. The summed E-state index contributed by atoms with van der Waals surface area (Å²) in [4.78, 5) is 9.50. The Hall–Kier alpha value is -1.65. The van der Waals surface area contributed by atoms with Crippen LogP contribution in [0, 0.1) is 0 Å². The summed E-state index contributed by atoms with van der Waals surface area (Å²) in [7, 11) is 2.18. The van der Waals surface area contributed by atoms with Gasteiger partial charge in [-0.05, 0) is 26.1 Å². The molecule has 4 heteroatoms. The highest BCUT2D eigenvalue weighted by atomic mass is 15.3. The minimum atomic E-state index is 0.486. The highest BCUT2D eigenvalue weighted by molar-refractivity contribution is 5.92. The van der Waals surface area contributed by atoms with Crippen LogP contribution in [0.5, 0.6) is 0 Å². The summed E-state index contributed by atoms with van der Waals surface area (Å²) in [5, 5.41) is 1.22. The van der Waals surface area contributed by atoms with Crippen LogP contribution in [0.1, 0.15) is 12.6 Å². The summed E-state index contributed by atoms with van der Waals surface area (Å²) in [5.74, 6) is 0. The normalized spacial score (nSPS) is 20.6. The second-order valence-electron chi connectivity index (χ2n) is 5.66. The molecule has 3 rings (SSSR count). The second kappa shape index (κ2) is 5.38. The number of fused-ring (bicyclic) bond motifs is 1. The van der Waals surface area contributed by atoms with Gasteiger partial charge in [0.15, 0.2) is 0 Å². The molecule has 0 amide bonds. The Kier molecular flexibility index (Phi) is 3.59. The molecule has 1 aromatic carbocycles. The molecule has 20 heavy (non-hydrogen) atoms. The van der Waals surface area contributed by atoms with Gasteiger partial charge >= 0.3 is 0 Å². The largest absolute Gasteiger partial charge is 0.366 e. The third kappa shape index (κ3) is 2.37. The minimum Gasteiger partial charge on any atom is -0.366 e. The molecule has 2 heterocycles. The van der Waals surface area contributed by atoms with Crippen molar-refractivity contribution in [3.05, 3.63) is 36.0 Å². The smallest absolute Gasteiger partial charge is 0.0726 e. The first kappa shape index (κ1) is 13.3. The van der Waals surface area contributed by atoms with E-state index in [0.29, 0.717) is 12.6 Å². The van der Waals surface area contributed by atoms with E-state index in [4.69, 9.17) is 5.73 Å². The molecule has 106 valence electrons. The zero-order chi connectivity index (χ0) is 14.1. The standard InChI is InChI=1S/C16H22N4/c1-12-11-19(2)7-8-20(12)16-9-13(10-17)18-15-6-4-3-5-14(15)16/h3-6,9,12H,7-8,10-11,17H2,1-2H3. The topological polar surface area (TPSA) is 45.4 Å². The van der Waals surface area contributed by atoms with Crippen LogP contribution in [0.25, 0.3) is 10.9 Å². The minimum absolute atomic E-state index is 0.486. The van der Waals surface area contributed by atoms with Crippen LogP contribution in [0.3, 0.4) is 0 Å². The maximum absolute atomic E-state index is 5.81. The van der Waals surface area contributed by atoms with Crippen molar-refractivity contribution in [1.29, 1.82) is 0 Å². The number of nitrogens with two attached hydrogens (primary N) is 1. The van der Waals surface area contributed by atoms with E-state index in [1.54, 1.807) is 0 Å². The lowest BCUT2D eigenvalue weighted by molar-refractivity contribution is 0.276. The highest BCUT2D eigenvalue weighted by Crippen LogP contribution is 2.29. The van der Waals surface area contributed by atoms with Crippen LogP contribution < -0.4 is 10.6 Å². The summed E-state index contributed by atoms with van der Waals surface area (Å²) in [6.45, 7) is 6.01. The molecule has 2 aromatic rings. The van der Waals surface area contributed by atoms with Crippen LogP contribution in [-0.4, -0.2) is 42.6 Å². The van der Waals surface area contributed by atoms with Crippen LogP contribution in [0.4, 0.5) is 5.69 Å². The van der Waals surface area contributed by atoms with Crippen molar-refractivity contribution in [3.8, 4) is 0 Å². The molecule has 4 nitrogen and oxygen atoms in total. The molecule has 1 aliphatic heterocycles. The Bertz CT molecular complexity index is 610. The molecule has 0 bridgehead atoms. The van der Waals surface area contributed by atoms with Gasteiger partial charge in [0.1, 0.15) is 0 Å². The molecule has 0 radical (unpaired) electrons. The van der Waals surface area contributed by atoms with Crippen LogP contribution in [0.15, 0.2) is 30.3 Å². The Morgan fingerprint density at radius 1 is 1.30 bits per heavy atom. The van der Waals surface area contributed by atoms with E-state index >= 15 is 0 Å². The maximum atomic E-state index is 5.81. The molecule has 1 saturated heterocycles. The van der Waals surface area contributed by atoms with Crippen molar-refractivity contribution < 1.29 is 0 Å². The van der Waals surface area contributed by atoms with E-state index in [-0.39, 0.29) is 0 Å². The number of para-hydroxylation sites is 1. The zero-order valence-corrected chi connectivity index (χ0v) is 12.2. The molecule has 1 fully saturated rings. The molecule has 1 aromatic heterocycles. The number of rotatable bonds is 2. The number of hydrogen-bond acceptors (Lipinski definition) is 4. The van der Waals surface area contributed by atoms with Gasteiger partial charge in [-0.25, -0.2) is 0 Å². The van der Waals surface area contributed by atoms with E-state index in [0.717, 1.165) is 30.8 Å². The number of benzene rings is 1. The van der Waals surface area contributed by atoms with Gasteiger partial charge in [0.2, 0.25) is 0 Å². The summed E-state index contributed by atoms with van der Waals surface area (Å²) in [6, 6.07) is 11.0. The lowest BCUT2D eigenvalue weighted by Crippen LogP contribution is -2.50. The van der Waals surface area contributed by atoms with Crippen molar-refractivity contribution in [2.45, 2.75) is 19.5 Å². The molecule has 1 unspecified atom stereocenters. The molecule has 0 spiro atoms. The number of likely N-dealkylation sites (N-methyl/N-ethyl adjacent to an activating group) is 1. The van der Waals surface area contributed by atoms with Crippen molar-refractivity contribution >= 4 is 16.6 Å². The molecule has 1 aliphatic rings. The fourth-order valence-corrected chi connectivity index (χ4v) is 3.05. The highest BCUT2D eigenvalue weighted by Gasteiger charge is 2.23. The molecule has 0 aliphatic carbocycles. The Labute approximate surface area is 120 Å². The lowest BCUT2D eigenvalue weighted by atomic mass is 10.1. The van der Waals surface area contributed by atoms with Crippen LogP contribution >= 0.6 is 0 Å². The Morgan fingerprint density at radius 3 is 2.85 bits per heavy atom. The third-order valence-electron chi connectivity index (χ3n) is 4.10. The molecule has 1 atom stereocenters. The van der Waals surface area contributed by atoms with E-state index < -0.39 is 0 Å². The first-order valence-electron chi connectivity index (χ1n) is 7.23. The van der Waals surface area contributed by atoms with Gasteiger partial charge in [-0.1, -0.05) is 18.2 Å². The zero-order valence-electron chi connectivity index (χ0n) is 12.2. The van der Waals surface area contributed by atoms with E-state index in [1.807, 2.05) is 6.07 Å². The predicted octanol–water partition coefficient (Wildman–Crippen LogP) is 1.83. The van der Waals surface area contributed by atoms with Crippen molar-refractivity contribution in [2.75, 3.05) is 31.6 Å². The summed E-state index contributed by atoms with van der Waals surface area (Å²) in [6.07, 6.45) is 0. The van der Waals surface area contributed by atoms with Gasteiger partial charge < -0.3 is 15.5 Å². The summed E-state index contributed by atoms with van der Waals surface area (Å²) >= 11 is 0. The Balaban J connectivity index is 2.09. The van der Waals surface area contributed by atoms with E-state index in [9.17, 15) is 0 Å². The fraction of sp³-hybridized carbons (Fsp3) is 0.438. The van der Waals surface area contributed by atoms with Crippen molar-refractivity contribution in [2.24, 2.45) is 5.73 Å². The first-order chi connectivity index (χ1) is 9.69. The quantitative estimate of drug-likeness (QED) is 0.904. The molecule has 2 N–H and O–H groups in total. The third-order valence-corrected chi connectivity index (χ3v) is 4.10. The number of pyridine rings is 1. The summed E-state index contributed by atoms with van der Waals surface area (Å²) in [5.41, 5.74) is 9.08. The molecule has 0 saturated carbocycles. The van der Waals surface area contributed by atoms with Gasteiger partial charge in [0.25, 0.3) is 0 Å². The van der Waals surface area contributed by atoms with Gasteiger partial charge in [0.05, 0.1) is 11.2 Å². The maximum Gasteiger partial charge on any atom is 0.0726 e. The second-order valence-corrected chi connectivity index (χ2v) is 5.66. The molecular formula is C16H22N4. The average Bonchev–Trinajstić information content (AvgIpc) is 2.46. The molecular weight excluding hydrogens is 248 g/mol. The number of piperazine rings is 1. The van der Waals surface area contributed by atoms with E-state index in [1.165, 1.54) is 11.1 Å². The van der Waals surface area contributed by atoms with E-state index in [2.05, 4.69) is 53.0 Å². The number of anilines is 1. The lowest BCUT2D eigenvalue weighted by Gasteiger charge is -2.40. The van der Waals surface area contributed by atoms with Crippen molar-refractivity contribution in [3.63, 3.8) is 0 Å². The van der Waals surface area contributed by atoms with Crippen LogP contribution in [-0.2, 0) is 6.54 Å². The SMILES string of the molecule is CC1CN(C)CCN1c1cc(CN)nc2ccccc12. The summed E-state index contributed by atoms with van der Waals surface area (Å²) < 4.78 is 0. The van der Waals surface area contributed by atoms with Gasteiger partial charge in [-0.15, -0.1) is 0 Å². The number of aromatic nitrogens is 1. The Morgan fingerprint density at radius 2 is 2.10 bits per heavy atom. The number of nitrogens with zero attached hydrogens (tertiary/aromatic N) is 3. The van der Waals surface area contributed by atoms with Crippen molar-refractivity contribution in [1.82, 2.24) is 9.88 Å². The predicted molar refractivity (Wildman–Crippen MR) is 83.9 cm³/mol. The monoisotopic (exact) mass is 270 g/mol. The number of hydrogen-bond donors (Lipinski definition) is 1. The van der Waals surface area contributed by atoms with Gasteiger partial charge in [-0.2, -0.15) is 0 Å². The van der Waals surface area contributed by atoms with Gasteiger partial charge in [-0.3, -0.25) is 4.98 Å². The fourth-order valence-electron chi connectivity index (χ4n) is 3.05. The van der Waals surface area contributed by atoms with Crippen LogP contribution in [0.2, 0.25) is 0 Å². The first-order valence-corrected chi connectivity index (χ1v) is 7.23. The van der Waals surface area contributed by atoms with Gasteiger partial charge in [0, 0.05) is 43.3 Å².